The summed E-state index contributed by atoms with van der Waals surface area (Å²) in [4.78, 5) is 40.6. The summed E-state index contributed by atoms with van der Waals surface area (Å²) in [6.07, 6.45) is 2.54. The van der Waals surface area contributed by atoms with Crippen LogP contribution < -0.4 is 27.4 Å². The Morgan fingerprint density at radius 2 is 1.90 bits per heavy atom. The number of hydrogen-bond acceptors (Lipinski definition) is 6. The Hall–Kier alpha value is -2.78. The maximum Gasteiger partial charge on any atom is 0.237 e. The van der Waals surface area contributed by atoms with Gasteiger partial charge in [0.15, 0.2) is 11.7 Å². The van der Waals surface area contributed by atoms with E-state index < -0.39 is 18.1 Å². The fraction of sp³-hybridized carbons (Fsp3) is 0.500. The minimum Gasteiger partial charge on any atom is -0.370 e. The first-order chi connectivity index (χ1) is 14.0. The first-order valence-corrected chi connectivity index (χ1v) is 9.89. The zero-order valence-corrected chi connectivity index (χ0v) is 16.3. The topological polar surface area (TPSA) is 152 Å². The molecular weight excluding hydrogens is 372 g/mol. The Balaban J connectivity index is 1.61. The number of aliphatic imine (C=N–C) groups is 1. The van der Waals surface area contributed by atoms with Gasteiger partial charge in [-0.25, -0.2) is 4.99 Å². The van der Waals surface area contributed by atoms with E-state index >= 15 is 0 Å². The van der Waals surface area contributed by atoms with E-state index in [0.29, 0.717) is 19.3 Å². The number of guanidine groups is 1. The molecule has 3 rings (SSSR count). The molecule has 0 spiro atoms. The Labute approximate surface area is 169 Å². The summed E-state index contributed by atoms with van der Waals surface area (Å²) in [5, 5.41) is 8.94. The lowest BCUT2D eigenvalue weighted by Gasteiger charge is -2.28. The first kappa shape index (κ1) is 20.9. The van der Waals surface area contributed by atoms with E-state index in [1.165, 1.54) is 5.56 Å². The molecule has 9 heteroatoms. The van der Waals surface area contributed by atoms with Gasteiger partial charge in [-0.15, -0.1) is 0 Å². The Kier molecular flexibility index (Phi) is 6.95. The number of nitrogens with one attached hydrogen (secondary N) is 3. The highest BCUT2D eigenvalue weighted by Gasteiger charge is 2.31. The van der Waals surface area contributed by atoms with Crippen molar-refractivity contribution >= 4 is 23.9 Å². The third-order valence-corrected chi connectivity index (χ3v) is 5.44. The van der Waals surface area contributed by atoms with Crippen LogP contribution in [0.1, 0.15) is 30.4 Å². The van der Waals surface area contributed by atoms with Crippen LogP contribution in [-0.4, -0.2) is 54.6 Å². The van der Waals surface area contributed by atoms with Crippen molar-refractivity contribution in [3.63, 3.8) is 0 Å². The molecule has 1 aromatic carbocycles. The van der Waals surface area contributed by atoms with Crippen LogP contribution in [-0.2, 0) is 27.3 Å². The molecular formula is C20H28N6O3. The predicted octanol–water partition coefficient (Wildman–Crippen LogP) is -1.26. The second-order valence-electron chi connectivity index (χ2n) is 7.50. The second-order valence-corrected chi connectivity index (χ2v) is 7.50. The van der Waals surface area contributed by atoms with Crippen molar-refractivity contribution in [1.29, 1.82) is 0 Å². The normalized spacial score (nSPS) is 22.3. The summed E-state index contributed by atoms with van der Waals surface area (Å²) in [6, 6.07) is 5.85. The molecule has 0 saturated carbocycles. The number of rotatable bonds is 9. The minimum atomic E-state index is -0.774. The van der Waals surface area contributed by atoms with Gasteiger partial charge in [0.1, 0.15) is 12.3 Å². The lowest BCUT2D eigenvalue weighted by molar-refractivity contribution is -0.127. The van der Waals surface area contributed by atoms with Crippen molar-refractivity contribution in [2.24, 2.45) is 16.5 Å². The minimum absolute atomic E-state index is 0.121. The van der Waals surface area contributed by atoms with Crippen LogP contribution in [0.15, 0.2) is 29.3 Å². The van der Waals surface area contributed by atoms with E-state index in [0.717, 1.165) is 18.5 Å². The summed E-state index contributed by atoms with van der Waals surface area (Å²) >= 11 is 0. The highest BCUT2D eigenvalue weighted by atomic mass is 16.2. The number of fused-ring (bicyclic) bond motifs is 1. The van der Waals surface area contributed by atoms with Crippen molar-refractivity contribution in [3.05, 3.63) is 35.4 Å². The number of benzene rings is 1. The SMILES string of the molecule is NC(N)=NC(CC[C@@H](C=O)NC(=O)C1CCN1)C(=O)C1Cc2ccccc2CN1. The molecule has 29 heavy (non-hydrogen) atoms. The maximum atomic E-state index is 13.1. The van der Waals surface area contributed by atoms with E-state index in [9.17, 15) is 14.4 Å². The lowest BCUT2D eigenvalue weighted by atomic mass is 9.90. The number of aldehydes is 1. The second kappa shape index (κ2) is 9.62. The van der Waals surface area contributed by atoms with E-state index in [4.69, 9.17) is 11.5 Å². The van der Waals surface area contributed by atoms with Gasteiger partial charge in [0.25, 0.3) is 0 Å². The molecule has 2 aliphatic rings. The van der Waals surface area contributed by atoms with E-state index in [1.807, 2.05) is 24.3 Å². The number of nitrogens with zero attached hydrogens (tertiary/aromatic N) is 1. The molecule has 7 N–H and O–H groups in total. The third kappa shape index (κ3) is 5.39. The van der Waals surface area contributed by atoms with Crippen molar-refractivity contribution < 1.29 is 14.4 Å². The number of nitrogens with two attached hydrogens (primary N) is 2. The number of hydrogen-bond donors (Lipinski definition) is 5. The van der Waals surface area contributed by atoms with Crippen molar-refractivity contribution in [2.45, 2.75) is 56.4 Å². The van der Waals surface area contributed by atoms with E-state index in [1.54, 1.807) is 0 Å². The van der Waals surface area contributed by atoms with Gasteiger partial charge in [-0.05, 0) is 43.4 Å². The lowest BCUT2D eigenvalue weighted by Crippen LogP contribution is -2.55. The van der Waals surface area contributed by atoms with Gasteiger partial charge in [0.2, 0.25) is 5.91 Å². The number of carbonyl (C=O) groups is 3. The Morgan fingerprint density at radius 3 is 2.52 bits per heavy atom. The first-order valence-electron chi connectivity index (χ1n) is 9.89. The summed E-state index contributed by atoms with van der Waals surface area (Å²) < 4.78 is 0. The van der Waals surface area contributed by atoms with Crippen LogP contribution in [0.25, 0.3) is 0 Å². The number of Topliss-reactive ketones (excluding diaryl/α,β-unsaturated/α-hetero) is 1. The molecule has 1 aromatic rings. The van der Waals surface area contributed by atoms with Gasteiger partial charge in [-0.1, -0.05) is 24.3 Å². The van der Waals surface area contributed by atoms with Crippen LogP contribution in [0.4, 0.5) is 0 Å². The number of carbonyl (C=O) groups excluding carboxylic acids is 3. The van der Waals surface area contributed by atoms with Gasteiger partial charge >= 0.3 is 0 Å². The molecule has 0 bridgehead atoms. The molecule has 156 valence electrons. The van der Waals surface area contributed by atoms with Crippen LogP contribution >= 0.6 is 0 Å². The fourth-order valence-electron chi connectivity index (χ4n) is 3.65. The van der Waals surface area contributed by atoms with Crippen molar-refractivity contribution in [1.82, 2.24) is 16.0 Å². The summed E-state index contributed by atoms with van der Waals surface area (Å²) in [6.45, 7) is 1.39. The molecule has 0 aromatic heterocycles. The van der Waals surface area contributed by atoms with Crippen LogP contribution in [0, 0.1) is 0 Å². The standard InChI is InChI=1S/C20H28N6O3/c21-20(22)26-15(6-5-14(11-27)25-19(29)16-7-8-23-16)18(28)17-9-12-3-1-2-4-13(12)10-24-17/h1-4,11,14-17,23-24H,5-10H2,(H,25,29)(H4,21,22,26)/t14-,15?,16?,17?/m0/s1. The molecule has 0 aliphatic carbocycles. The molecule has 2 heterocycles. The molecule has 1 amide bonds. The molecule has 3 unspecified atom stereocenters. The summed E-state index contributed by atoms with van der Waals surface area (Å²) in [5.41, 5.74) is 13.4. The predicted molar refractivity (Wildman–Crippen MR) is 109 cm³/mol. The quantitative estimate of drug-likeness (QED) is 0.197. The van der Waals surface area contributed by atoms with Crippen LogP contribution in [0.5, 0.6) is 0 Å². The van der Waals surface area contributed by atoms with Gasteiger partial charge < -0.3 is 32.2 Å². The summed E-state index contributed by atoms with van der Waals surface area (Å²) in [7, 11) is 0. The molecule has 1 saturated heterocycles. The smallest absolute Gasteiger partial charge is 0.237 e. The zero-order valence-electron chi connectivity index (χ0n) is 16.3. The van der Waals surface area contributed by atoms with Gasteiger partial charge in [-0.3, -0.25) is 9.59 Å². The maximum absolute atomic E-state index is 13.1. The van der Waals surface area contributed by atoms with E-state index in [-0.39, 0.29) is 36.5 Å². The zero-order chi connectivity index (χ0) is 20.8. The average molecular weight is 400 g/mol. The Bertz CT molecular complexity index is 788. The van der Waals surface area contributed by atoms with Crippen molar-refractivity contribution in [3.8, 4) is 0 Å². The average Bonchev–Trinajstić information content (AvgIpc) is 2.67. The Morgan fingerprint density at radius 1 is 1.17 bits per heavy atom. The number of amides is 1. The van der Waals surface area contributed by atoms with Crippen LogP contribution in [0.3, 0.4) is 0 Å². The van der Waals surface area contributed by atoms with Crippen LogP contribution in [0.2, 0.25) is 0 Å². The number of ketones is 1. The molecule has 2 aliphatic heterocycles. The highest BCUT2D eigenvalue weighted by molar-refractivity contribution is 5.92. The molecule has 1 fully saturated rings. The highest BCUT2D eigenvalue weighted by Crippen LogP contribution is 2.19. The molecule has 0 radical (unpaired) electrons. The van der Waals surface area contributed by atoms with Crippen molar-refractivity contribution in [2.75, 3.05) is 6.54 Å². The van der Waals surface area contributed by atoms with Gasteiger partial charge in [0.05, 0.1) is 18.1 Å². The summed E-state index contributed by atoms with van der Waals surface area (Å²) in [5.74, 6) is -0.502. The monoisotopic (exact) mass is 400 g/mol. The fourth-order valence-corrected chi connectivity index (χ4v) is 3.65. The van der Waals surface area contributed by atoms with Gasteiger partial charge in [0, 0.05) is 6.54 Å². The van der Waals surface area contributed by atoms with E-state index in [2.05, 4.69) is 20.9 Å². The molecule has 9 nitrogen and oxygen atoms in total. The van der Waals surface area contributed by atoms with Gasteiger partial charge in [-0.2, -0.15) is 0 Å². The third-order valence-electron chi connectivity index (χ3n) is 5.44. The molecule has 4 atom stereocenters. The largest absolute Gasteiger partial charge is 0.370 e.